The second-order valence-electron chi connectivity index (χ2n) is 6.72. The van der Waals surface area contributed by atoms with Gasteiger partial charge in [-0.3, -0.25) is 4.57 Å². The Morgan fingerprint density at radius 1 is 1.00 bits per heavy atom. The Kier molecular flexibility index (Phi) is 5.76. The number of aryl methyl sites for hydroxylation is 2. The van der Waals surface area contributed by atoms with E-state index < -0.39 is 0 Å². The van der Waals surface area contributed by atoms with Crippen molar-refractivity contribution in [3.63, 3.8) is 0 Å². The smallest absolute Gasteiger partial charge is 0.237 e. The summed E-state index contributed by atoms with van der Waals surface area (Å²) in [5.74, 6) is 2.82. The molecule has 154 valence electrons. The van der Waals surface area contributed by atoms with E-state index in [9.17, 15) is 0 Å². The minimum atomic E-state index is 0.504. The fourth-order valence-electron chi connectivity index (χ4n) is 3.00. The maximum Gasteiger partial charge on any atom is 0.237 e. The van der Waals surface area contributed by atoms with Crippen LogP contribution in [0, 0.1) is 13.8 Å². The quantitative estimate of drug-likeness (QED) is 0.394. The van der Waals surface area contributed by atoms with E-state index in [1.165, 1.54) is 11.1 Å². The standard InChI is InChI=1S/C22H22N4O3S/c1-14-5-7-17(11-15(14)2)26-10-9-23-22(26)30-13-20-24-21(25-29-20)16-6-8-18(27-3)19(12-16)28-4/h5-12H,13H2,1-4H3. The fourth-order valence-corrected chi connectivity index (χ4v) is 3.81. The Balaban J connectivity index is 1.50. The van der Waals surface area contributed by atoms with Crippen molar-refractivity contribution >= 4 is 11.8 Å². The van der Waals surface area contributed by atoms with Gasteiger partial charge < -0.3 is 14.0 Å². The first-order valence-electron chi connectivity index (χ1n) is 9.38. The van der Waals surface area contributed by atoms with Crippen LogP contribution in [0.1, 0.15) is 17.0 Å². The molecule has 0 N–H and O–H groups in total. The molecular formula is C22H22N4O3S. The van der Waals surface area contributed by atoms with Crippen LogP contribution < -0.4 is 9.47 Å². The molecule has 4 aromatic rings. The highest BCUT2D eigenvalue weighted by molar-refractivity contribution is 7.98. The van der Waals surface area contributed by atoms with E-state index >= 15 is 0 Å². The molecule has 7 nitrogen and oxygen atoms in total. The second kappa shape index (κ2) is 8.62. The zero-order valence-corrected chi connectivity index (χ0v) is 18.1. The van der Waals surface area contributed by atoms with Gasteiger partial charge in [-0.25, -0.2) is 4.98 Å². The van der Waals surface area contributed by atoms with Crippen molar-refractivity contribution in [2.45, 2.75) is 24.8 Å². The molecule has 0 amide bonds. The average molecular weight is 423 g/mol. The second-order valence-corrected chi connectivity index (χ2v) is 7.66. The maximum absolute atomic E-state index is 5.44. The minimum absolute atomic E-state index is 0.504. The van der Waals surface area contributed by atoms with Crippen LogP contribution in [-0.4, -0.2) is 33.9 Å². The summed E-state index contributed by atoms with van der Waals surface area (Å²) in [6.45, 7) is 4.21. The number of rotatable bonds is 7. The summed E-state index contributed by atoms with van der Waals surface area (Å²) in [7, 11) is 3.20. The van der Waals surface area contributed by atoms with Crippen LogP contribution in [0.3, 0.4) is 0 Å². The first-order chi connectivity index (χ1) is 14.6. The molecule has 0 atom stereocenters. The molecule has 30 heavy (non-hydrogen) atoms. The normalized spacial score (nSPS) is 10.9. The highest BCUT2D eigenvalue weighted by Gasteiger charge is 2.14. The molecule has 0 radical (unpaired) electrons. The molecule has 0 saturated carbocycles. The molecule has 0 bridgehead atoms. The molecule has 0 unspecified atom stereocenters. The Morgan fingerprint density at radius 3 is 2.60 bits per heavy atom. The number of thioether (sulfide) groups is 1. The average Bonchev–Trinajstić information content (AvgIpc) is 3.43. The van der Waals surface area contributed by atoms with Crippen molar-refractivity contribution in [2.75, 3.05) is 14.2 Å². The highest BCUT2D eigenvalue weighted by atomic mass is 32.2. The summed E-state index contributed by atoms with van der Waals surface area (Å²) >= 11 is 1.54. The van der Waals surface area contributed by atoms with Crippen molar-refractivity contribution < 1.29 is 14.0 Å². The van der Waals surface area contributed by atoms with Crippen molar-refractivity contribution in [1.82, 2.24) is 19.7 Å². The molecular weight excluding hydrogens is 400 g/mol. The van der Waals surface area contributed by atoms with E-state index in [0.29, 0.717) is 29.0 Å². The predicted molar refractivity (Wildman–Crippen MR) is 115 cm³/mol. The first-order valence-corrected chi connectivity index (χ1v) is 10.4. The molecule has 0 aliphatic rings. The topological polar surface area (TPSA) is 75.2 Å². The van der Waals surface area contributed by atoms with Gasteiger partial charge in [0, 0.05) is 23.6 Å². The summed E-state index contributed by atoms with van der Waals surface area (Å²) in [6, 6.07) is 11.9. The van der Waals surface area contributed by atoms with Crippen LogP contribution in [0.15, 0.2) is 58.5 Å². The molecule has 2 heterocycles. The van der Waals surface area contributed by atoms with Crippen molar-refractivity contribution in [2.24, 2.45) is 0 Å². The fraction of sp³-hybridized carbons (Fsp3) is 0.227. The SMILES string of the molecule is COc1ccc(-c2noc(CSc3nccn3-c3ccc(C)c(C)c3)n2)cc1OC. The molecule has 4 rings (SSSR count). The number of ether oxygens (including phenoxy) is 2. The van der Waals surface area contributed by atoms with Gasteiger partial charge in [0.05, 0.1) is 20.0 Å². The molecule has 0 aliphatic heterocycles. The molecule has 0 saturated heterocycles. The highest BCUT2D eigenvalue weighted by Crippen LogP contribution is 2.32. The van der Waals surface area contributed by atoms with Gasteiger partial charge in [0.1, 0.15) is 0 Å². The summed E-state index contributed by atoms with van der Waals surface area (Å²) in [5.41, 5.74) is 4.38. The largest absolute Gasteiger partial charge is 0.493 e. The lowest BCUT2D eigenvalue weighted by Gasteiger charge is -2.09. The van der Waals surface area contributed by atoms with E-state index in [1.807, 2.05) is 24.4 Å². The molecule has 2 aromatic heterocycles. The van der Waals surface area contributed by atoms with Crippen LogP contribution >= 0.6 is 11.8 Å². The van der Waals surface area contributed by atoms with Crippen molar-refractivity contribution in [1.29, 1.82) is 0 Å². The Hall–Kier alpha value is -3.26. The van der Waals surface area contributed by atoms with Gasteiger partial charge >= 0.3 is 0 Å². The Morgan fingerprint density at radius 2 is 1.83 bits per heavy atom. The third kappa shape index (κ3) is 4.04. The first kappa shape index (κ1) is 20.0. The third-order valence-corrected chi connectivity index (χ3v) is 5.76. The Labute approximate surface area is 179 Å². The van der Waals surface area contributed by atoms with Gasteiger partial charge in [0.15, 0.2) is 16.7 Å². The lowest BCUT2D eigenvalue weighted by atomic mass is 10.1. The number of nitrogens with zero attached hydrogens (tertiary/aromatic N) is 4. The molecule has 2 aromatic carbocycles. The van der Waals surface area contributed by atoms with Crippen LogP contribution in [0.5, 0.6) is 11.5 Å². The lowest BCUT2D eigenvalue weighted by Crippen LogP contribution is -1.97. The minimum Gasteiger partial charge on any atom is -0.493 e. The predicted octanol–water partition coefficient (Wildman–Crippen LogP) is 4.85. The Bertz CT molecular complexity index is 1170. The zero-order valence-electron chi connectivity index (χ0n) is 17.2. The number of hydrogen-bond donors (Lipinski definition) is 0. The number of aromatic nitrogens is 4. The maximum atomic E-state index is 5.44. The molecule has 0 fully saturated rings. The van der Waals surface area contributed by atoms with Crippen molar-refractivity contribution in [3.8, 4) is 28.6 Å². The summed E-state index contributed by atoms with van der Waals surface area (Å²) < 4.78 is 18.1. The number of hydrogen-bond acceptors (Lipinski definition) is 7. The number of methoxy groups -OCH3 is 2. The molecule has 0 aliphatic carbocycles. The third-order valence-electron chi connectivity index (χ3n) is 4.81. The van der Waals surface area contributed by atoms with E-state index in [4.69, 9.17) is 14.0 Å². The zero-order chi connectivity index (χ0) is 21.1. The van der Waals surface area contributed by atoms with E-state index in [-0.39, 0.29) is 0 Å². The molecule has 0 spiro atoms. The van der Waals surface area contributed by atoms with Crippen LogP contribution in [0.4, 0.5) is 0 Å². The summed E-state index contributed by atoms with van der Waals surface area (Å²) in [4.78, 5) is 8.98. The van der Waals surface area contributed by atoms with Gasteiger partial charge in [0.2, 0.25) is 11.7 Å². The van der Waals surface area contributed by atoms with Crippen LogP contribution in [0.25, 0.3) is 17.1 Å². The van der Waals surface area contributed by atoms with Crippen LogP contribution in [0.2, 0.25) is 0 Å². The number of benzene rings is 2. The monoisotopic (exact) mass is 422 g/mol. The summed E-state index contributed by atoms with van der Waals surface area (Å²) in [6.07, 6.45) is 3.75. The van der Waals surface area contributed by atoms with Gasteiger partial charge in [-0.2, -0.15) is 4.98 Å². The molecule has 8 heteroatoms. The van der Waals surface area contributed by atoms with Gasteiger partial charge in [-0.1, -0.05) is 23.0 Å². The van der Waals surface area contributed by atoms with Gasteiger partial charge in [0.25, 0.3) is 0 Å². The lowest BCUT2D eigenvalue weighted by molar-refractivity contribution is 0.355. The summed E-state index contributed by atoms with van der Waals surface area (Å²) in [5, 5.41) is 4.96. The van der Waals surface area contributed by atoms with Crippen LogP contribution in [-0.2, 0) is 5.75 Å². The van der Waals surface area contributed by atoms with Gasteiger partial charge in [-0.05, 0) is 55.3 Å². The van der Waals surface area contributed by atoms with E-state index in [2.05, 4.69) is 51.7 Å². The van der Waals surface area contributed by atoms with E-state index in [1.54, 1.807) is 32.2 Å². The van der Waals surface area contributed by atoms with Gasteiger partial charge in [-0.15, -0.1) is 0 Å². The number of imidazole rings is 1. The van der Waals surface area contributed by atoms with Crippen molar-refractivity contribution in [3.05, 3.63) is 65.8 Å². The van der Waals surface area contributed by atoms with E-state index in [0.717, 1.165) is 16.4 Å².